The number of fused-ring (bicyclic) bond motifs is 2. The fraction of sp³-hybridized carbons (Fsp3) is 0.294. The summed E-state index contributed by atoms with van der Waals surface area (Å²) < 4.78 is 10.9. The molecule has 0 saturated carbocycles. The summed E-state index contributed by atoms with van der Waals surface area (Å²) >= 11 is 0. The number of ether oxygens (including phenoxy) is 2. The van der Waals surface area contributed by atoms with Gasteiger partial charge in [-0.1, -0.05) is 42.5 Å². The van der Waals surface area contributed by atoms with E-state index in [4.69, 9.17) is 9.47 Å². The molecule has 0 heterocycles. The predicted molar refractivity (Wildman–Crippen MR) is 77.4 cm³/mol. The second-order valence-corrected chi connectivity index (χ2v) is 4.81. The number of benzene rings is 2. The Labute approximate surface area is 113 Å². The summed E-state index contributed by atoms with van der Waals surface area (Å²) in [5.41, 5.74) is 2.65. The van der Waals surface area contributed by atoms with Gasteiger partial charge in [0, 0.05) is 7.11 Å². The Morgan fingerprint density at radius 3 is 2.68 bits per heavy atom. The quantitative estimate of drug-likeness (QED) is 0.612. The maximum atomic E-state index is 5.89. The molecule has 1 aliphatic rings. The fourth-order valence-electron chi connectivity index (χ4n) is 2.57. The van der Waals surface area contributed by atoms with Crippen molar-refractivity contribution in [1.82, 2.24) is 0 Å². The predicted octanol–water partition coefficient (Wildman–Crippen LogP) is 3.66. The summed E-state index contributed by atoms with van der Waals surface area (Å²) in [5, 5.41) is 2.57. The Morgan fingerprint density at radius 1 is 1.11 bits per heavy atom. The Bertz CT molecular complexity index is 601. The molecule has 1 atom stereocenters. The van der Waals surface area contributed by atoms with Gasteiger partial charge in [-0.05, 0) is 34.4 Å². The molecule has 3 rings (SSSR count). The van der Waals surface area contributed by atoms with Crippen molar-refractivity contribution < 1.29 is 9.47 Å². The molecule has 0 spiro atoms. The number of allylic oxidation sites excluding steroid dienone is 1. The lowest BCUT2D eigenvalue weighted by Gasteiger charge is -2.22. The highest BCUT2D eigenvalue weighted by Crippen LogP contribution is 2.31. The summed E-state index contributed by atoms with van der Waals surface area (Å²) in [6.45, 7) is 1.25. The molecular weight excluding hydrogens is 236 g/mol. The zero-order chi connectivity index (χ0) is 13.1. The molecule has 0 N–H and O–H groups in total. The molecule has 0 bridgehead atoms. The van der Waals surface area contributed by atoms with Crippen molar-refractivity contribution in [1.29, 1.82) is 0 Å². The molecule has 2 aromatic carbocycles. The summed E-state index contributed by atoms with van der Waals surface area (Å²) in [6.07, 6.45) is 5.38. The first-order chi connectivity index (χ1) is 9.38. The second-order valence-electron chi connectivity index (χ2n) is 4.81. The van der Waals surface area contributed by atoms with Gasteiger partial charge in [-0.3, -0.25) is 0 Å². The Kier molecular flexibility index (Phi) is 3.62. The van der Waals surface area contributed by atoms with Crippen LogP contribution in [-0.4, -0.2) is 20.3 Å². The van der Waals surface area contributed by atoms with Gasteiger partial charge in [0.05, 0.1) is 13.2 Å². The number of hydrogen-bond donors (Lipinski definition) is 0. The largest absolute Gasteiger partial charge is 0.382 e. The first kappa shape index (κ1) is 12.4. The number of hydrogen-bond acceptors (Lipinski definition) is 2. The van der Waals surface area contributed by atoms with Crippen LogP contribution in [0.25, 0.3) is 10.8 Å². The number of rotatable bonds is 4. The van der Waals surface area contributed by atoms with Crippen LogP contribution in [0.4, 0.5) is 0 Å². The molecule has 0 aromatic heterocycles. The normalized spacial score (nSPS) is 17.6. The van der Waals surface area contributed by atoms with Crippen LogP contribution in [0.3, 0.4) is 0 Å². The average molecular weight is 254 g/mol. The monoisotopic (exact) mass is 254 g/mol. The Morgan fingerprint density at radius 2 is 1.89 bits per heavy atom. The highest BCUT2D eigenvalue weighted by Gasteiger charge is 2.17. The standard InChI is InChI=1S/C17H18O2/c1-18-9-10-19-17-8-4-7-15-11-13-5-2-3-6-14(13)12-16(15)17/h2-6,8,11-12,17H,7,9-10H2,1H3. The van der Waals surface area contributed by atoms with E-state index >= 15 is 0 Å². The molecular formula is C17H18O2. The SMILES string of the molecule is COCCOC1C=CCc2cc3ccccc3cc21. The number of methoxy groups -OCH3 is 1. The summed E-state index contributed by atoms with van der Waals surface area (Å²) in [5.74, 6) is 0. The van der Waals surface area contributed by atoms with Crippen molar-refractivity contribution in [3.8, 4) is 0 Å². The minimum Gasteiger partial charge on any atom is -0.382 e. The average Bonchev–Trinajstić information content (AvgIpc) is 2.46. The van der Waals surface area contributed by atoms with Gasteiger partial charge in [0.2, 0.25) is 0 Å². The minimum atomic E-state index is 0.0588. The molecule has 2 nitrogen and oxygen atoms in total. The fourth-order valence-corrected chi connectivity index (χ4v) is 2.57. The van der Waals surface area contributed by atoms with Gasteiger partial charge >= 0.3 is 0 Å². The molecule has 0 aliphatic heterocycles. The van der Waals surface area contributed by atoms with E-state index in [1.165, 1.54) is 21.9 Å². The van der Waals surface area contributed by atoms with Crippen molar-refractivity contribution in [2.24, 2.45) is 0 Å². The smallest absolute Gasteiger partial charge is 0.101 e. The molecule has 0 fully saturated rings. The maximum absolute atomic E-state index is 5.89. The van der Waals surface area contributed by atoms with Crippen LogP contribution in [0.2, 0.25) is 0 Å². The van der Waals surface area contributed by atoms with Gasteiger partial charge in [-0.15, -0.1) is 0 Å². The van der Waals surface area contributed by atoms with Crippen LogP contribution < -0.4 is 0 Å². The molecule has 1 aliphatic carbocycles. The van der Waals surface area contributed by atoms with Crippen LogP contribution in [0.15, 0.2) is 48.6 Å². The van der Waals surface area contributed by atoms with E-state index < -0.39 is 0 Å². The van der Waals surface area contributed by atoms with Crippen LogP contribution in [0, 0.1) is 0 Å². The van der Waals surface area contributed by atoms with E-state index in [9.17, 15) is 0 Å². The first-order valence-corrected chi connectivity index (χ1v) is 6.67. The van der Waals surface area contributed by atoms with Crippen molar-refractivity contribution >= 4 is 10.8 Å². The Hall–Kier alpha value is -1.64. The van der Waals surface area contributed by atoms with E-state index in [0.29, 0.717) is 13.2 Å². The van der Waals surface area contributed by atoms with Crippen LogP contribution in [0.5, 0.6) is 0 Å². The molecule has 0 radical (unpaired) electrons. The molecule has 1 unspecified atom stereocenters. The van der Waals surface area contributed by atoms with Crippen LogP contribution >= 0.6 is 0 Å². The van der Waals surface area contributed by atoms with E-state index in [1.54, 1.807) is 7.11 Å². The van der Waals surface area contributed by atoms with Gasteiger partial charge < -0.3 is 9.47 Å². The van der Waals surface area contributed by atoms with Gasteiger partial charge in [0.15, 0.2) is 0 Å². The van der Waals surface area contributed by atoms with Gasteiger partial charge in [-0.25, -0.2) is 0 Å². The summed E-state index contributed by atoms with van der Waals surface area (Å²) in [6, 6.07) is 13.0. The molecule has 2 heteroatoms. The minimum absolute atomic E-state index is 0.0588. The van der Waals surface area contributed by atoms with E-state index in [2.05, 4.69) is 48.6 Å². The highest BCUT2D eigenvalue weighted by molar-refractivity contribution is 5.84. The lowest BCUT2D eigenvalue weighted by molar-refractivity contribution is 0.0380. The van der Waals surface area contributed by atoms with Crippen molar-refractivity contribution in [2.45, 2.75) is 12.5 Å². The van der Waals surface area contributed by atoms with Crippen molar-refractivity contribution in [3.63, 3.8) is 0 Å². The Balaban J connectivity index is 1.93. The van der Waals surface area contributed by atoms with Crippen molar-refractivity contribution in [3.05, 3.63) is 59.7 Å². The van der Waals surface area contributed by atoms with E-state index in [1.807, 2.05) is 0 Å². The molecule has 19 heavy (non-hydrogen) atoms. The third-order valence-electron chi connectivity index (χ3n) is 3.55. The van der Waals surface area contributed by atoms with Gasteiger partial charge in [-0.2, -0.15) is 0 Å². The summed E-state index contributed by atoms with van der Waals surface area (Å²) in [7, 11) is 1.70. The first-order valence-electron chi connectivity index (χ1n) is 6.67. The van der Waals surface area contributed by atoms with Crippen molar-refractivity contribution in [2.75, 3.05) is 20.3 Å². The topological polar surface area (TPSA) is 18.5 Å². The highest BCUT2D eigenvalue weighted by atomic mass is 16.5. The molecule has 0 amide bonds. The summed E-state index contributed by atoms with van der Waals surface area (Å²) in [4.78, 5) is 0. The van der Waals surface area contributed by atoms with E-state index in [0.717, 1.165) is 6.42 Å². The third-order valence-corrected chi connectivity index (χ3v) is 3.55. The molecule has 0 saturated heterocycles. The van der Waals surface area contributed by atoms with Gasteiger partial charge in [0.25, 0.3) is 0 Å². The van der Waals surface area contributed by atoms with Crippen LogP contribution in [-0.2, 0) is 15.9 Å². The van der Waals surface area contributed by atoms with Crippen LogP contribution in [0.1, 0.15) is 17.2 Å². The molecule has 98 valence electrons. The zero-order valence-electron chi connectivity index (χ0n) is 11.1. The van der Waals surface area contributed by atoms with Gasteiger partial charge in [0.1, 0.15) is 6.10 Å². The van der Waals surface area contributed by atoms with E-state index in [-0.39, 0.29) is 6.10 Å². The second kappa shape index (κ2) is 5.55. The molecule has 2 aromatic rings. The maximum Gasteiger partial charge on any atom is 0.101 e. The lowest BCUT2D eigenvalue weighted by Crippen LogP contribution is -2.11. The third kappa shape index (κ3) is 2.55. The lowest BCUT2D eigenvalue weighted by atomic mass is 9.91. The zero-order valence-corrected chi connectivity index (χ0v) is 11.1.